The van der Waals surface area contributed by atoms with Gasteiger partial charge in [0, 0.05) is 58.6 Å². The molecule has 2 aromatic carbocycles. The lowest BCUT2D eigenvalue weighted by Crippen LogP contribution is -2.17. The predicted octanol–water partition coefficient (Wildman–Crippen LogP) is 5.97. The molecule has 5 nitrogen and oxygen atoms in total. The summed E-state index contributed by atoms with van der Waals surface area (Å²) in [5.74, 6) is 0.0903. The number of pyridine rings is 1. The van der Waals surface area contributed by atoms with Gasteiger partial charge in [0.25, 0.3) is 0 Å². The minimum atomic E-state index is -0.264. The number of aromatic amines is 1. The van der Waals surface area contributed by atoms with E-state index in [-0.39, 0.29) is 13.7 Å². The number of hydrogen-bond donors (Lipinski definition) is 1. The zero-order chi connectivity index (χ0) is 23.2. The highest BCUT2D eigenvalue weighted by Gasteiger charge is 2.28. The van der Waals surface area contributed by atoms with Crippen LogP contribution >= 0.6 is 7.92 Å². The predicted molar refractivity (Wildman–Crippen MR) is 137 cm³/mol. The van der Waals surface area contributed by atoms with E-state index in [4.69, 9.17) is 9.72 Å². The molecule has 1 saturated heterocycles. The number of H-pyrrole nitrogens is 1. The molecular formula is C27H26FN4OP. The van der Waals surface area contributed by atoms with Gasteiger partial charge in [-0.1, -0.05) is 14.0 Å². The molecule has 1 aliphatic heterocycles. The van der Waals surface area contributed by atoms with E-state index in [0.717, 1.165) is 64.5 Å². The average molecular weight is 473 g/mol. The van der Waals surface area contributed by atoms with E-state index < -0.39 is 0 Å². The van der Waals surface area contributed by atoms with E-state index in [1.807, 2.05) is 24.5 Å². The van der Waals surface area contributed by atoms with Crippen LogP contribution in [0.15, 0.2) is 60.9 Å². The van der Waals surface area contributed by atoms with E-state index in [9.17, 15) is 4.39 Å². The number of hydrogen-bond acceptors (Lipinski definition) is 3. The van der Waals surface area contributed by atoms with Crippen molar-refractivity contribution in [3.05, 3.63) is 72.4 Å². The molecule has 172 valence electrons. The van der Waals surface area contributed by atoms with E-state index in [0.29, 0.717) is 5.92 Å². The van der Waals surface area contributed by atoms with Crippen LogP contribution in [0.25, 0.3) is 38.6 Å². The van der Waals surface area contributed by atoms with Crippen LogP contribution in [0.4, 0.5) is 4.39 Å². The van der Waals surface area contributed by atoms with Gasteiger partial charge in [0.2, 0.25) is 0 Å². The Morgan fingerprint density at radius 2 is 1.82 bits per heavy atom. The number of nitrogens with zero attached hydrogens (tertiary/aromatic N) is 3. The first-order chi connectivity index (χ1) is 16.6. The molecule has 1 fully saturated rings. The molecule has 0 atom stereocenters. The summed E-state index contributed by atoms with van der Waals surface area (Å²) in [6.45, 7) is 5.93. The Hall–Kier alpha value is -3.08. The summed E-state index contributed by atoms with van der Waals surface area (Å²) < 4.78 is 21.9. The Bertz CT molecular complexity index is 1470. The Balaban J connectivity index is 1.70. The van der Waals surface area contributed by atoms with Gasteiger partial charge in [-0.25, -0.2) is 4.39 Å². The van der Waals surface area contributed by atoms with Gasteiger partial charge in [-0.3, -0.25) is 10.1 Å². The van der Waals surface area contributed by atoms with Crippen molar-refractivity contribution in [2.75, 3.05) is 26.5 Å². The zero-order valence-electron chi connectivity index (χ0n) is 19.3. The number of nitrogens with one attached hydrogen (secondary N) is 1. The molecule has 1 aliphatic rings. The van der Waals surface area contributed by atoms with Gasteiger partial charge >= 0.3 is 0 Å². The first kappa shape index (κ1) is 21.5. The first-order valence-electron chi connectivity index (χ1n) is 11.6. The van der Waals surface area contributed by atoms with Crippen LogP contribution < -0.4 is 5.44 Å². The van der Waals surface area contributed by atoms with Crippen LogP contribution in [0.2, 0.25) is 0 Å². The van der Waals surface area contributed by atoms with Gasteiger partial charge in [0.05, 0.1) is 22.7 Å². The average Bonchev–Trinajstić information content (AvgIpc) is 3.45. The van der Waals surface area contributed by atoms with Crippen LogP contribution in [0.5, 0.6) is 0 Å². The second-order valence-corrected chi connectivity index (χ2v) is 11.3. The Morgan fingerprint density at radius 3 is 2.53 bits per heavy atom. The topological polar surface area (TPSA) is 55.7 Å². The highest BCUT2D eigenvalue weighted by molar-refractivity contribution is 7.63. The fraction of sp³-hybridized carbons (Fsp3) is 0.259. The normalized spacial score (nSPS) is 15.1. The summed E-state index contributed by atoms with van der Waals surface area (Å²) in [6, 6.07) is 15.5. The molecule has 0 saturated carbocycles. The van der Waals surface area contributed by atoms with Crippen LogP contribution in [0, 0.1) is 5.82 Å². The van der Waals surface area contributed by atoms with Crippen molar-refractivity contribution in [3.8, 4) is 16.8 Å². The summed E-state index contributed by atoms with van der Waals surface area (Å²) >= 11 is 0. The minimum Gasteiger partial charge on any atom is -0.381 e. The molecule has 0 radical (unpaired) electrons. The fourth-order valence-corrected chi connectivity index (χ4v) is 5.73. The Labute approximate surface area is 198 Å². The van der Waals surface area contributed by atoms with Crippen LogP contribution in [-0.2, 0) is 4.74 Å². The largest absolute Gasteiger partial charge is 0.381 e. The summed E-state index contributed by atoms with van der Waals surface area (Å²) in [5, 5.41) is 9.58. The highest BCUT2D eigenvalue weighted by atomic mass is 31.1. The number of aromatic nitrogens is 4. The van der Waals surface area contributed by atoms with Crippen molar-refractivity contribution in [3.63, 3.8) is 0 Å². The van der Waals surface area contributed by atoms with Gasteiger partial charge in [-0.2, -0.15) is 5.10 Å². The molecule has 0 amide bonds. The van der Waals surface area contributed by atoms with Gasteiger partial charge in [0.1, 0.15) is 5.82 Å². The standard InChI is InChI=1S/C27H26FN4OP/c1-34(2)25-8-3-18(15-29-25)26-22-14-23-19(16-30-31-23)13-24(22)32(21-6-4-20(28)5-7-21)27(26)17-9-11-33-12-10-17/h3-8,13-17H,9-12H2,1-2H3,(H,30,31). The number of fused-ring (bicyclic) bond motifs is 2. The van der Waals surface area contributed by atoms with Crippen LogP contribution in [0.3, 0.4) is 0 Å². The summed E-state index contributed by atoms with van der Waals surface area (Å²) in [7, 11) is -0.264. The molecule has 0 aliphatic carbocycles. The summed E-state index contributed by atoms with van der Waals surface area (Å²) in [5.41, 5.74) is 7.73. The van der Waals surface area contributed by atoms with Gasteiger partial charge in [0.15, 0.2) is 0 Å². The molecule has 6 rings (SSSR count). The number of halogens is 1. The molecule has 3 aromatic heterocycles. The second-order valence-electron chi connectivity index (χ2n) is 9.08. The van der Waals surface area contributed by atoms with Crippen molar-refractivity contribution < 1.29 is 9.13 Å². The highest BCUT2D eigenvalue weighted by Crippen LogP contribution is 2.44. The molecule has 0 unspecified atom stereocenters. The van der Waals surface area contributed by atoms with Crippen molar-refractivity contribution in [2.45, 2.75) is 18.8 Å². The van der Waals surface area contributed by atoms with Gasteiger partial charge in [-0.15, -0.1) is 0 Å². The number of rotatable bonds is 4. The quantitative estimate of drug-likeness (QED) is 0.328. The minimum absolute atomic E-state index is 0.235. The van der Waals surface area contributed by atoms with Gasteiger partial charge < -0.3 is 9.30 Å². The Morgan fingerprint density at radius 1 is 1.03 bits per heavy atom. The number of ether oxygens (including phenoxy) is 1. The van der Waals surface area contributed by atoms with Crippen molar-refractivity contribution in [1.82, 2.24) is 19.7 Å². The molecule has 0 bridgehead atoms. The van der Waals surface area contributed by atoms with E-state index >= 15 is 0 Å². The fourth-order valence-electron chi connectivity index (χ4n) is 5.07. The smallest absolute Gasteiger partial charge is 0.123 e. The first-order valence-corrected chi connectivity index (χ1v) is 13.8. The lowest BCUT2D eigenvalue weighted by Gasteiger charge is -2.26. The van der Waals surface area contributed by atoms with E-state index in [1.54, 1.807) is 0 Å². The molecule has 34 heavy (non-hydrogen) atoms. The van der Waals surface area contributed by atoms with E-state index in [2.05, 4.69) is 52.4 Å². The van der Waals surface area contributed by atoms with Crippen LogP contribution in [-0.4, -0.2) is 46.3 Å². The third-order valence-electron chi connectivity index (χ3n) is 6.75. The Kier molecular flexibility index (Phi) is 5.43. The zero-order valence-corrected chi connectivity index (χ0v) is 20.1. The third kappa shape index (κ3) is 3.62. The third-order valence-corrected chi connectivity index (χ3v) is 7.93. The van der Waals surface area contributed by atoms with Crippen molar-refractivity contribution in [2.24, 2.45) is 0 Å². The summed E-state index contributed by atoms with van der Waals surface area (Å²) in [4.78, 5) is 4.82. The molecular weight excluding hydrogens is 446 g/mol. The second kappa shape index (κ2) is 8.61. The monoisotopic (exact) mass is 472 g/mol. The summed E-state index contributed by atoms with van der Waals surface area (Å²) in [6.07, 6.45) is 5.77. The molecule has 1 N–H and O–H groups in total. The molecule has 0 spiro atoms. The lowest BCUT2D eigenvalue weighted by atomic mass is 9.90. The maximum absolute atomic E-state index is 13.9. The maximum atomic E-state index is 13.9. The molecule has 4 heterocycles. The van der Waals surface area contributed by atoms with Crippen LogP contribution in [0.1, 0.15) is 24.5 Å². The SMILES string of the molecule is CP(C)c1ccc(-c2c(C3CCOCC3)n(-c3ccc(F)cc3)c3cc4cn[nH]c4cc23)cn1. The van der Waals surface area contributed by atoms with E-state index in [1.165, 1.54) is 23.4 Å². The number of benzene rings is 2. The molecule has 5 aromatic rings. The molecule has 7 heteroatoms. The maximum Gasteiger partial charge on any atom is 0.123 e. The lowest BCUT2D eigenvalue weighted by molar-refractivity contribution is 0.0843. The van der Waals surface area contributed by atoms with Gasteiger partial charge in [-0.05, 0) is 68.6 Å². The van der Waals surface area contributed by atoms with Crippen molar-refractivity contribution in [1.29, 1.82) is 0 Å². The van der Waals surface area contributed by atoms with Crippen molar-refractivity contribution >= 4 is 35.2 Å².